The van der Waals surface area contributed by atoms with E-state index in [0.29, 0.717) is 124 Å². The largest absolute Gasteiger partial charge is 0.400 e. The number of hydrogen-bond acceptors (Lipinski definition) is 14. The molecule has 15 nitrogen and oxygen atoms in total. The SMILES string of the molecule is CCC(C)c1ccc(COCCOCCOCCOCCO)cc1.CCC(C)c1ccc(COCCOCCOCCOCCOC2CCCCO2)cc1.CO.Cc1ccc(S(=O)(=O)O)cc1. The minimum Gasteiger partial charge on any atom is -0.400 e. The smallest absolute Gasteiger partial charge is 0.294 e. The minimum atomic E-state index is -4.02. The highest BCUT2D eigenvalue weighted by Gasteiger charge is 2.13. The highest BCUT2D eigenvalue weighted by atomic mass is 32.2. The zero-order chi connectivity index (χ0) is 49.2. The molecule has 0 aliphatic carbocycles. The molecule has 0 spiro atoms. The molecule has 3 atom stereocenters. The van der Waals surface area contributed by atoms with Crippen molar-refractivity contribution in [2.75, 3.05) is 119 Å². The van der Waals surface area contributed by atoms with Crippen molar-refractivity contribution in [1.82, 2.24) is 0 Å². The summed E-state index contributed by atoms with van der Waals surface area (Å²) in [4.78, 5) is -0.0666. The van der Waals surface area contributed by atoms with E-state index in [4.69, 9.17) is 62.1 Å². The molecule has 67 heavy (non-hydrogen) atoms. The van der Waals surface area contributed by atoms with Crippen LogP contribution in [-0.2, 0) is 70.7 Å². The molecule has 384 valence electrons. The Morgan fingerprint density at radius 3 is 1.27 bits per heavy atom. The maximum Gasteiger partial charge on any atom is 0.294 e. The van der Waals surface area contributed by atoms with Crippen LogP contribution in [0.4, 0.5) is 0 Å². The van der Waals surface area contributed by atoms with E-state index in [1.54, 1.807) is 12.1 Å². The molecule has 1 aliphatic heterocycles. The van der Waals surface area contributed by atoms with Gasteiger partial charge in [0.25, 0.3) is 10.1 Å². The van der Waals surface area contributed by atoms with E-state index in [1.165, 1.54) is 40.8 Å². The molecule has 0 bridgehead atoms. The van der Waals surface area contributed by atoms with E-state index in [0.717, 1.165) is 45.0 Å². The van der Waals surface area contributed by atoms with Crippen molar-refractivity contribution in [3.05, 3.63) is 101 Å². The number of hydrogen-bond donors (Lipinski definition) is 3. The third kappa shape index (κ3) is 33.3. The van der Waals surface area contributed by atoms with Gasteiger partial charge in [-0.3, -0.25) is 4.55 Å². The first-order chi connectivity index (χ1) is 32.6. The van der Waals surface area contributed by atoms with Gasteiger partial charge < -0.3 is 57.6 Å². The summed E-state index contributed by atoms with van der Waals surface area (Å²) in [7, 11) is -3.02. The van der Waals surface area contributed by atoms with Gasteiger partial charge in [-0.15, -0.1) is 0 Å². The van der Waals surface area contributed by atoms with Crippen molar-refractivity contribution >= 4 is 10.1 Å². The lowest BCUT2D eigenvalue weighted by atomic mass is 9.98. The van der Waals surface area contributed by atoms with Crippen LogP contribution in [0.15, 0.2) is 77.7 Å². The second kappa shape index (κ2) is 42.0. The fourth-order valence-electron chi connectivity index (χ4n) is 5.91. The van der Waals surface area contributed by atoms with Gasteiger partial charge >= 0.3 is 0 Å². The fraction of sp³-hybridized carbons (Fsp3) is 0.647. The van der Waals surface area contributed by atoms with Crippen molar-refractivity contribution in [1.29, 1.82) is 0 Å². The summed E-state index contributed by atoms with van der Waals surface area (Å²) in [6, 6.07) is 23.3. The van der Waals surface area contributed by atoms with Crippen molar-refractivity contribution in [2.24, 2.45) is 0 Å². The Morgan fingerprint density at radius 2 is 0.925 bits per heavy atom. The summed E-state index contributed by atoms with van der Waals surface area (Å²) in [5, 5.41) is 15.5. The molecule has 4 rings (SSSR count). The first-order valence-electron chi connectivity index (χ1n) is 23.7. The van der Waals surface area contributed by atoms with Crippen LogP contribution in [0.25, 0.3) is 0 Å². The normalized spacial score (nSPS) is 14.4. The molecule has 0 saturated carbocycles. The van der Waals surface area contributed by atoms with Crippen LogP contribution in [0.2, 0.25) is 0 Å². The van der Waals surface area contributed by atoms with Gasteiger partial charge in [-0.05, 0) is 85.3 Å². The molecule has 0 amide bonds. The Morgan fingerprint density at radius 1 is 0.552 bits per heavy atom. The maximum absolute atomic E-state index is 10.5. The van der Waals surface area contributed by atoms with E-state index >= 15 is 0 Å². The van der Waals surface area contributed by atoms with E-state index in [1.807, 2.05) is 6.92 Å². The van der Waals surface area contributed by atoms with Crippen molar-refractivity contribution < 1.29 is 70.6 Å². The molecule has 0 radical (unpaired) electrons. The summed E-state index contributed by atoms with van der Waals surface area (Å²) < 4.78 is 84.3. The summed E-state index contributed by atoms with van der Waals surface area (Å²) in [6.07, 6.45) is 5.58. The Bertz CT molecular complexity index is 1640. The average molecular weight is 969 g/mol. The first kappa shape index (κ1) is 62.1. The highest BCUT2D eigenvalue weighted by molar-refractivity contribution is 7.85. The van der Waals surface area contributed by atoms with Gasteiger partial charge in [-0.1, -0.05) is 93.9 Å². The van der Waals surface area contributed by atoms with Gasteiger partial charge in [-0.2, -0.15) is 8.42 Å². The molecule has 3 aromatic carbocycles. The first-order valence-corrected chi connectivity index (χ1v) is 25.1. The summed E-state index contributed by atoms with van der Waals surface area (Å²) in [5.74, 6) is 1.22. The summed E-state index contributed by atoms with van der Waals surface area (Å²) in [6.45, 7) is 21.0. The number of aliphatic hydroxyl groups excluding tert-OH is 2. The zero-order valence-electron chi connectivity index (χ0n) is 41.3. The second-order valence-corrected chi connectivity index (χ2v) is 17.0. The molecule has 3 N–H and O–H groups in total. The monoisotopic (exact) mass is 969 g/mol. The quantitative estimate of drug-likeness (QED) is 0.0394. The molecule has 3 aromatic rings. The fourth-order valence-corrected chi connectivity index (χ4v) is 6.39. The molecular weight excluding hydrogens is 885 g/mol. The number of ether oxygens (including phenoxy) is 10. The summed E-state index contributed by atoms with van der Waals surface area (Å²) >= 11 is 0. The van der Waals surface area contributed by atoms with E-state index < -0.39 is 10.1 Å². The summed E-state index contributed by atoms with van der Waals surface area (Å²) in [5.41, 5.74) is 6.11. The molecule has 1 aliphatic rings. The van der Waals surface area contributed by atoms with Crippen LogP contribution in [0, 0.1) is 6.92 Å². The molecule has 0 aromatic heterocycles. The lowest BCUT2D eigenvalue weighted by molar-refractivity contribution is -0.169. The average Bonchev–Trinajstić information content (AvgIpc) is 3.35. The van der Waals surface area contributed by atoms with Gasteiger partial charge in [0, 0.05) is 13.7 Å². The number of aryl methyl sites for hydroxylation is 1. The standard InChI is InChI=1S/C24H40O6.C19H32O5.C7H8O3S.CH4O/c1-3-21(2)23-9-7-22(8-10-23)20-28-17-16-26-13-12-25-14-15-27-18-19-30-24-6-4-5-11-29-24;1-3-17(2)19-6-4-18(5-7-19)16-24-15-14-23-13-12-22-11-10-21-9-8-20;1-6-2-4-7(5-3-6)11(8,9)10;1-2/h7-10,21,24H,3-6,11-20H2,1-2H3;4-7,17,20H,3,8-16H2,1-2H3;2-5H,1H3,(H,8,9,10);2H,1H3. The molecule has 1 heterocycles. The number of aliphatic hydroxyl groups is 2. The molecular formula is C51H84O15S. The number of rotatable bonds is 33. The third-order valence-electron chi connectivity index (χ3n) is 10.3. The number of benzene rings is 3. The van der Waals surface area contributed by atoms with E-state index in [9.17, 15) is 8.42 Å². The lowest BCUT2D eigenvalue weighted by Crippen LogP contribution is -2.24. The Hall–Kier alpha value is -2.91. The van der Waals surface area contributed by atoms with E-state index in [2.05, 4.69) is 76.2 Å². The van der Waals surface area contributed by atoms with Crippen molar-refractivity contribution in [3.63, 3.8) is 0 Å². The van der Waals surface area contributed by atoms with Gasteiger partial charge in [-0.25, -0.2) is 0 Å². The van der Waals surface area contributed by atoms with E-state index in [-0.39, 0.29) is 17.8 Å². The lowest BCUT2D eigenvalue weighted by Gasteiger charge is -2.22. The Labute approximate surface area is 402 Å². The molecule has 16 heteroatoms. The van der Waals surface area contributed by atoms with Gasteiger partial charge in [0.15, 0.2) is 6.29 Å². The van der Waals surface area contributed by atoms with Crippen molar-refractivity contribution in [3.8, 4) is 0 Å². The van der Waals surface area contributed by atoms with Gasteiger partial charge in [0.05, 0.1) is 124 Å². The van der Waals surface area contributed by atoms with Crippen LogP contribution in [-0.4, -0.2) is 149 Å². The predicted octanol–water partition coefficient (Wildman–Crippen LogP) is 7.92. The van der Waals surface area contributed by atoms with Crippen molar-refractivity contribution in [2.45, 2.75) is 103 Å². The van der Waals surface area contributed by atoms with Crippen LogP contribution in [0.5, 0.6) is 0 Å². The van der Waals surface area contributed by atoms with Crippen LogP contribution in [0.1, 0.15) is 99.5 Å². The molecule has 1 fully saturated rings. The van der Waals surface area contributed by atoms with Crippen LogP contribution >= 0.6 is 0 Å². The Kier molecular flexibility index (Phi) is 38.9. The van der Waals surface area contributed by atoms with Crippen LogP contribution in [0.3, 0.4) is 0 Å². The minimum absolute atomic E-state index is 0.0464. The molecule has 3 unspecified atom stereocenters. The highest BCUT2D eigenvalue weighted by Crippen LogP contribution is 2.20. The molecule has 1 saturated heterocycles. The predicted molar refractivity (Wildman–Crippen MR) is 260 cm³/mol. The van der Waals surface area contributed by atoms with Gasteiger partial charge in [0.1, 0.15) is 0 Å². The second-order valence-electron chi connectivity index (χ2n) is 15.6. The zero-order valence-corrected chi connectivity index (χ0v) is 42.1. The van der Waals surface area contributed by atoms with Gasteiger partial charge in [0.2, 0.25) is 0 Å². The Balaban J connectivity index is 0.000000539. The van der Waals surface area contributed by atoms with Crippen LogP contribution < -0.4 is 0 Å². The topological polar surface area (TPSA) is 187 Å². The third-order valence-corrected chi connectivity index (χ3v) is 11.2. The maximum atomic E-state index is 10.5.